The van der Waals surface area contributed by atoms with Crippen LogP contribution in [0.15, 0.2) is 29.2 Å². The zero-order valence-electron chi connectivity index (χ0n) is 8.22. The Morgan fingerprint density at radius 2 is 2.29 bits per heavy atom. The summed E-state index contributed by atoms with van der Waals surface area (Å²) in [4.78, 5) is 1.28. The van der Waals surface area contributed by atoms with Crippen LogP contribution >= 0.6 is 23.4 Å². The van der Waals surface area contributed by atoms with Crippen LogP contribution in [0.5, 0.6) is 0 Å². The normalized spacial score (nSPS) is 18.1. The van der Waals surface area contributed by atoms with Gasteiger partial charge in [0.25, 0.3) is 0 Å². The minimum absolute atomic E-state index is 0.444. The molecule has 1 aliphatic carbocycles. The van der Waals surface area contributed by atoms with Gasteiger partial charge in [-0.2, -0.15) is 0 Å². The van der Waals surface area contributed by atoms with E-state index in [1.54, 1.807) is 0 Å². The molecule has 0 unspecified atom stereocenters. The van der Waals surface area contributed by atoms with Crippen molar-refractivity contribution in [2.75, 3.05) is 13.6 Å². The zero-order valence-corrected chi connectivity index (χ0v) is 9.79. The summed E-state index contributed by atoms with van der Waals surface area (Å²) >= 11 is 7.89. The van der Waals surface area contributed by atoms with E-state index in [9.17, 15) is 0 Å². The molecular formula is C11H14ClNS. The smallest absolute Gasteiger partial charge is 0.0417 e. The first kappa shape index (κ1) is 10.3. The van der Waals surface area contributed by atoms with E-state index in [2.05, 4.69) is 11.4 Å². The largest absolute Gasteiger partial charge is 0.318 e. The third kappa shape index (κ3) is 2.44. The molecule has 0 heterocycles. The lowest BCUT2D eigenvalue weighted by atomic mass is 10.4. The van der Waals surface area contributed by atoms with Gasteiger partial charge in [0.2, 0.25) is 0 Å². The van der Waals surface area contributed by atoms with Crippen molar-refractivity contribution in [3.05, 3.63) is 29.3 Å². The first-order valence-corrected chi connectivity index (χ1v) is 6.03. The maximum absolute atomic E-state index is 5.94. The molecule has 1 nitrogen and oxygen atoms in total. The molecule has 0 bridgehead atoms. The van der Waals surface area contributed by atoms with Crippen LogP contribution < -0.4 is 5.32 Å². The maximum atomic E-state index is 5.94. The fourth-order valence-electron chi connectivity index (χ4n) is 1.56. The molecule has 0 radical (unpaired) electrons. The summed E-state index contributed by atoms with van der Waals surface area (Å²) in [6, 6.07) is 8.11. The maximum Gasteiger partial charge on any atom is 0.0417 e. The molecule has 76 valence electrons. The number of rotatable bonds is 4. The molecule has 0 spiro atoms. The van der Waals surface area contributed by atoms with Crippen molar-refractivity contribution in [1.82, 2.24) is 5.32 Å². The highest BCUT2D eigenvalue weighted by molar-refractivity contribution is 8.01. The highest BCUT2D eigenvalue weighted by atomic mass is 35.5. The first-order chi connectivity index (χ1) is 6.74. The predicted octanol–water partition coefficient (Wildman–Crippen LogP) is 3.18. The fourth-order valence-corrected chi connectivity index (χ4v) is 3.17. The molecular weight excluding hydrogens is 214 g/mol. The molecule has 1 aromatic rings. The molecule has 0 amide bonds. The van der Waals surface area contributed by atoms with Gasteiger partial charge in [0.05, 0.1) is 0 Å². The summed E-state index contributed by atoms with van der Waals surface area (Å²) in [7, 11) is 2.01. The number of hydrogen-bond acceptors (Lipinski definition) is 2. The Bertz CT molecular complexity index is 323. The van der Waals surface area contributed by atoms with Crippen molar-refractivity contribution >= 4 is 23.4 Å². The highest BCUT2D eigenvalue weighted by Gasteiger charge is 2.42. The number of benzene rings is 1. The van der Waals surface area contributed by atoms with Gasteiger partial charge in [-0.1, -0.05) is 17.7 Å². The molecule has 3 heteroatoms. The Hall–Kier alpha value is -0.180. The highest BCUT2D eigenvalue weighted by Crippen LogP contribution is 2.51. The molecule has 0 aromatic heterocycles. The van der Waals surface area contributed by atoms with Gasteiger partial charge in [-0.3, -0.25) is 0 Å². The molecule has 1 aromatic carbocycles. The zero-order chi connectivity index (χ0) is 10.0. The second kappa shape index (κ2) is 4.13. The predicted molar refractivity (Wildman–Crippen MR) is 63.2 cm³/mol. The van der Waals surface area contributed by atoms with E-state index in [1.165, 1.54) is 17.7 Å². The molecule has 2 rings (SSSR count). The number of halogens is 1. The van der Waals surface area contributed by atoms with Crippen LogP contribution in [0.2, 0.25) is 5.02 Å². The van der Waals surface area contributed by atoms with Crippen LogP contribution in [0.4, 0.5) is 0 Å². The van der Waals surface area contributed by atoms with Gasteiger partial charge >= 0.3 is 0 Å². The molecule has 0 aliphatic heterocycles. The van der Waals surface area contributed by atoms with Crippen molar-refractivity contribution in [1.29, 1.82) is 0 Å². The topological polar surface area (TPSA) is 12.0 Å². The Balaban J connectivity index is 2.03. The Kier molecular flexibility index (Phi) is 3.05. The summed E-state index contributed by atoms with van der Waals surface area (Å²) < 4.78 is 0.444. The van der Waals surface area contributed by atoms with Crippen molar-refractivity contribution in [2.45, 2.75) is 22.5 Å². The average Bonchev–Trinajstić information content (AvgIpc) is 2.85. The van der Waals surface area contributed by atoms with Crippen molar-refractivity contribution in [2.24, 2.45) is 0 Å². The summed E-state index contributed by atoms with van der Waals surface area (Å²) in [5, 5.41) is 4.08. The van der Waals surface area contributed by atoms with Crippen molar-refractivity contribution in [3.63, 3.8) is 0 Å². The molecule has 0 atom stereocenters. The van der Waals surface area contributed by atoms with E-state index < -0.39 is 0 Å². The minimum Gasteiger partial charge on any atom is -0.318 e. The van der Waals surface area contributed by atoms with E-state index >= 15 is 0 Å². The fraction of sp³-hybridized carbons (Fsp3) is 0.455. The van der Waals surface area contributed by atoms with Crippen LogP contribution in [-0.2, 0) is 0 Å². The number of hydrogen-bond donors (Lipinski definition) is 1. The van der Waals surface area contributed by atoms with Gasteiger partial charge in [0, 0.05) is 21.2 Å². The van der Waals surface area contributed by atoms with Gasteiger partial charge in [0.1, 0.15) is 0 Å². The Morgan fingerprint density at radius 3 is 2.86 bits per heavy atom. The molecule has 1 aliphatic rings. The van der Waals surface area contributed by atoms with E-state index in [0.29, 0.717) is 4.75 Å². The molecule has 1 N–H and O–H groups in total. The quantitative estimate of drug-likeness (QED) is 0.848. The van der Waals surface area contributed by atoms with Gasteiger partial charge in [-0.05, 0) is 38.1 Å². The SMILES string of the molecule is CNCC1(Sc2cccc(Cl)c2)CC1. The van der Waals surface area contributed by atoms with Crippen molar-refractivity contribution < 1.29 is 0 Å². The molecule has 1 fully saturated rings. The van der Waals surface area contributed by atoms with Gasteiger partial charge in [0.15, 0.2) is 0 Å². The second-order valence-corrected chi connectivity index (χ2v) is 5.75. The summed E-state index contributed by atoms with van der Waals surface area (Å²) in [6.07, 6.45) is 2.62. The van der Waals surface area contributed by atoms with E-state index in [4.69, 9.17) is 11.6 Å². The second-order valence-electron chi connectivity index (χ2n) is 3.77. The van der Waals surface area contributed by atoms with E-state index in [1.807, 2.05) is 37.0 Å². The lowest BCUT2D eigenvalue weighted by molar-refractivity contribution is 0.752. The van der Waals surface area contributed by atoms with Crippen LogP contribution in [0.25, 0.3) is 0 Å². The van der Waals surface area contributed by atoms with Crippen LogP contribution in [0.1, 0.15) is 12.8 Å². The minimum atomic E-state index is 0.444. The lowest BCUT2D eigenvalue weighted by Gasteiger charge is -2.13. The molecule has 1 saturated carbocycles. The summed E-state index contributed by atoms with van der Waals surface area (Å²) in [5.74, 6) is 0. The van der Waals surface area contributed by atoms with Crippen molar-refractivity contribution in [3.8, 4) is 0 Å². The number of thioether (sulfide) groups is 1. The molecule has 14 heavy (non-hydrogen) atoms. The standard InChI is InChI=1S/C11H14ClNS/c1-13-8-11(5-6-11)14-10-4-2-3-9(12)7-10/h2-4,7,13H,5-6,8H2,1H3. The van der Waals surface area contributed by atoms with Gasteiger partial charge < -0.3 is 5.32 Å². The van der Waals surface area contributed by atoms with Crippen LogP contribution in [0.3, 0.4) is 0 Å². The average molecular weight is 228 g/mol. The third-order valence-electron chi connectivity index (χ3n) is 2.44. The third-order valence-corrected chi connectivity index (χ3v) is 4.15. The van der Waals surface area contributed by atoms with Gasteiger partial charge in [-0.15, -0.1) is 11.8 Å². The van der Waals surface area contributed by atoms with Crippen LogP contribution in [-0.4, -0.2) is 18.3 Å². The number of nitrogens with one attached hydrogen (secondary N) is 1. The first-order valence-electron chi connectivity index (χ1n) is 4.83. The molecule has 0 saturated heterocycles. The summed E-state index contributed by atoms with van der Waals surface area (Å²) in [5.41, 5.74) is 0. The lowest BCUT2D eigenvalue weighted by Crippen LogP contribution is -2.22. The van der Waals surface area contributed by atoms with Crippen LogP contribution in [0, 0.1) is 0 Å². The monoisotopic (exact) mass is 227 g/mol. The Labute approximate surface area is 94.2 Å². The Morgan fingerprint density at radius 1 is 1.50 bits per heavy atom. The van der Waals surface area contributed by atoms with Gasteiger partial charge in [-0.25, -0.2) is 0 Å². The van der Waals surface area contributed by atoms with E-state index in [0.717, 1.165) is 11.6 Å². The van der Waals surface area contributed by atoms with E-state index in [-0.39, 0.29) is 0 Å². The summed E-state index contributed by atoms with van der Waals surface area (Å²) in [6.45, 7) is 1.09.